The molecule has 3 rings (SSSR count). The Morgan fingerprint density at radius 3 is 2.47 bits per heavy atom. The van der Waals surface area contributed by atoms with Gasteiger partial charge in [-0.25, -0.2) is 13.2 Å². The molecule has 7 heteroatoms. The number of nitrogens with zero attached hydrogens (tertiary/aromatic N) is 1. The van der Waals surface area contributed by atoms with E-state index in [4.69, 9.17) is 9.47 Å². The van der Waals surface area contributed by atoms with Crippen molar-refractivity contribution < 1.29 is 22.7 Å². The summed E-state index contributed by atoms with van der Waals surface area (Å²) in [6.07, 6.45) is 4.53. The SMILES string of the molecule is CC[C@H]1C=C[C@@H]2[C@H](C1)[C@](C)(COCc1ccccc1)N(C(=O)OC(C)(C)C)S2(=O)=O. The Hall–Kier alpha value is -1.86. The fourth-order valence-electron chi connectivity index (χ4n) is 4.45. The Balaban J connectivity index is 1.93. The second-order valence-electron chi connectivity index (χ2n) is 9.49. The largest absolute Gasteiger partial charge is 0.443 e. The molecule has 0 spiro atoms. The standard InChI is InChI=1S/C23H33NO5S/c1-6-17-12-13-20-19(14-17)23(5,16-28-15-18-10-8-7-9-11-18)24(30(20,26)27)21(25)29-22(2,3)4/h7-13,17,19-20H,6,14-16H2,1-5H3/t17-,19-,20+,23-/m0/s1. The zero-order chi connectivity index (χ0) is 22.2. The van der Waals surface area contributed by atoms with E-state index in [2.05, 4.69) is 6.92 Å². The van der Waals surface area contributed by atoms with Gasteiger partial charge in [-0.05, 0) is 52.0 Å². The average Bonchev–Trinajstić information content (AvgIpc) is 2.84. The van der Waals surface area contributed by atoms with Crippen LogP contribution in [0.15, 0.2) is 42.5 Å². The molecule has 1 aromatic rings. The van der Waals surface area contributed by atoms with Crippen LogP contribution >= 0.6 is 0 Å². The Labute approximate surface area is 180 Å². The van der Waals surface area contributed by atoms with Crippen molar-refractivity contribution in [2.75, 3.05) is 6.61 Å². The molecular formula is C23H33NO5S. The van der Waals surface area contributed by atoms with Gasteiger partial charge < -0.3 is 9.47 Å². The topological polar surface area (TPSA) is 72.9 Å². The number of hydrogen-bond acceptors (Lipinski definition) is 5. The first-order valence-electron chi connectivity index (χ1n) is 10.6. The summed E-state index contributed by atoms with van der Waals surface area (Å²) >= 11 is 0. The zero-order valence-electron chi connectivity index (χ0n) is 18.5. The van der Waals surface area contributed by atoms with Crippen molar-refractivity contribution in [3.8, 4) is 0 Å². The minimum absolute atomic E-state index is 0.117. The molecule has 2 aliphatic rings. The lowest BCUT2D eigenvalue weighted by molar-refractivity contribution is -0.0155. The summed E-state index contributed by atoms with van der Waals surface area (Å²) in [5.74, 6) is 0.0363. The van der Waals surface area contributed by atoms with E-state index in [0.29, 0.717) is 13.0 Å². The third kappa shape index (κ3) is 4.42. The van der Waals surface area contributed by atoms with Crippen molar-refractivity contribution in [3.63, 3.8) is 0 Å². The van der Waals surface area contributed by atoms with Crippen LogP contribution < -0.4 is 0 Å². The first-order valence-corrected chi connectivity index (χ1v) is 12.1. The van der Waals surface area contributed by atoms with Crippen molar-refractivity contribution in [1.29, 1.82) is 0 Å². The maximum Gasteiger partial charge on any atom is 0.424 e. The summed E-state index contributed by atoms with van der Waals surface area (Å²) in [5, 5.41) is -0.738. The quantitative estimate of drug-likeness (QED) is 0.636. The average molecular weight is 436 g/mol. The van der Waals surface area contributed by atoms with Crippen LogP contribution in [0.3, 0.4) is 0 Å². The lowest BCUT2D eigenvalue weighted by Gasteiger charge is -2.39. The number of benzene rings is 1. The van der Waals surface area contributed by atoms with E-state index in [0.717, 1.165) is 16.3 Å². The van der Waals surface area contributed by atoms with Crippen LogP contribution in [0.25, 0.3) is 0 Å². The van der Waals surface area contributed by atoms with Gasteiger partial charge in [0.15, 0.2) is 0 Å². The Morgan fingerprint density at radius 1 is 1.20 bits per heavy atom. The molecule has 0 bridgehead atoms. The highest BCUT2D eigenvalue weighted by Crippen LogP contribution is 2.49. The predicted molar refractivity (Wildman–Crippen MR) is 116 cm³/mol. The first kappa shape index (κ1) is 22.8. The predicted octanol–water partition coefficient (Wildman–Crippen LogP) is 4.51. The summed E-state index contributed by atoms with van der Waals surface area (Å²) in [4.78, 5) is 13.1. The number of rotatable bonds is 5. The van der Waals surface area contributed by atoms with Crippen LogP contribution in [0, 0.1) is 11.8 Å². The summed E-state index contributed by atoms with van der Waals surface area (Å²) in [6.45, 7) is 9.57. The second-order valence-corrected chi connectivity index (χ2v) is 11.4. The van der Waals surface area contributed by atoms with Crippen LogP contribution in [0.1, 0.15) is 53.0 Å². The summed E-state index contributed by atoms with van der Waals surface area (Å²) in [7, 11) is -3.90. The number of allylic oxidation sites excluding steroid dienone is 1. The van der Waals surface area contributed by atoms with Gasteiger partial charge in [0.05, 0.1) is 18.8 Å². The van der Waals surface area contributed by atoms with E-state index >= 15 is 0 Å². The molecule has 1 aromatic carbocycles. The van der Waals surface area contributed by atoms with Crippen LogP contribution in [-0.4, -0.2) is 41.8 Å². The smallest absolute Gasteiger partial charge is 0.424 e. The highest BCUT2D eigenvalue weighted by atomic mass is 32.2. The van der Waals surface area contributed by atoms with Crippen molar-refractivity contribution in [2.45, 2.75) is 70.5 Å². The lowest BCUT2D eigenvalue weighted by atomic mass is 9.74. The van der Waals surface area contributed by atoms with E-state index in [1.54, 1.807) is 26.8 Å². The molecule has 0 N–H and O–H groups in total. The highest BCUT2D eigenvalue weighted by Gasteiger charge is 2.63. The molecule has 30 heavy (non-hydrogen) atoms. The molecule has 0 saturated carbocycles. The maximum atomic E-state index is 13.4. The number of amides is 1. The van der Waals surface area contributed by atoms with Crippen molar-refractivity contribution in [3.05, 3.63) is 48.0 Å². The fraction of sp³-hybridized carbons (Fsp3) is 0.609. The van der Waals surface area contributed by atoms with E-state index in [1.807, 2.05) is 43.3 Å². The van der Waals surface area contributed by atoms with E-state index in [9.17, 15) is 13.2 Å². The minimum Gasteiger partial charge on any atom is -0.443 e. The summed E-state index contributed by atoms with van der Waals surface area (Å²) in [6, 6.07) is 9.71. The van der Waals surface area contributed by atoms with Crippen molar-refractivity contribution in [1.82, 2.24) is 4.31 Å². The third-order valence-electron chi connectivity index (χ3n) is 5.98. The molecule has 4 atom stereocenters. The molecular weight excluding hydrogens is 402 g/mol. The van der Waals surface area contributed by atoms with Crippen molar-refractivity contribution in [2.24, 2.45) is 11.8 Å². The summed E-state index contributed by atoms with van der Waals surface area (Å²) in [5.41, 5.74) is -0.815. The monoisotopic (exact) mass is 435 g/mol. The molecule has 166 valence electrons. The van der Waals surface area contributed by atoms with Gasteiger partial charge in [0.1, 0.15) is 10.9 Å². The molecule has 6 nitrogen and oxygen atoms in total. The number of carbonyl (C=O) groups excluding carboxylic acids is 1. The second kappa shape index (κ2) is 8.35. The molecule has 0 unspecified atom stereocenters. The van der Waals surface area contributed by atoms with Gasteiger partial charge in [0.2, 0.25) is 10.0 Å². The van der Waals surface area contributed by atoms with Crippen LogP contribution in [0.5, 0.6) is 0 Å². The number of sulfonamides is 1. The number of fused-ring (bicyclic) bond motifs is 1. The van der Waals surface area contributed by atoms with Gasteiger partial charge in [0, 0.05) is 5.92 Å². The lowest BCUT2D eigenvalue weighted by Crippen LogP contribution is -2.54. The van der Waals surface area contributed by atoms with Crippen LogP contribution in [-0.2, 0) is 26.1 Å². The van der Waals surface area contributed by atoms with Gasteiger partial charge in [-0.15, -0.1) is 0 Å². The molecule has 0 radical (unpaired) electrons. The minimum atomic E-state index is -3.90. The molecule has 1 saturated heterocycles. The fourth-order valence-corrected chi connectivity index (χ4v) is 6.82. The molecule has 1 heterocycles. The van der Waals surface area contributed by atoms with E-state index in [-0.39, 0.29) is 18.4 Å². The van der Waals surface area contributed by atoms with Gasteiger partial charge in [-0.1, -0.05) is 49.4 Å². The Bertz CT molecular complexity index is 890. The normalized spacial score (nSPS) is 30.2. The van der Waals surface area contributed by atoms with Gasteiger partial charge in [-0.3, -0.25) is 0 Å². The first-order chi connectivity index (χ1) is 14.0. The van der Waals surface area contributed by atoms with Crippen LogP contribution in [0.4, 0.5) is 4.79 Å². The molecule has 1 aliphatic carbocycles. The molecule has 1 aliphatic heterocycles. The molecule has 1 amide bonds. The van der Waals surface area contributed by atoms with Gasteiger partial charge >= 0.3 is 6.09 Å². The molecule has 0 aromatic heterocycles. The van der Waals surface area contributed by atoms with Gasteiger partial charge in [0.25, 0.3) is 0 Å². The number of carbonyl (C=O) groups is 1. The summed E-state index contributed by atoms with van der Waals surface area (Å²) < 4.78 is 39.3. The number of hydrogen-bond donors (Lipinski definition) is 0. The van der Waals surface area contributed by atoms with E-state index in [1.165, 1.54) is 0 Å². The van der Waals surface area contributed by atoms with Crippen LogP contribution in [0.2, 0.25) is 0 Å². The van der Waals surface area contributed by atoms with Crippen molar-refractivity contribution >= 4 is 16.1 Å². The maximum absolute atomic E-state index is 13.4. The zero-order valence-corrected chi connectivity index (χ0v) is 19.3. The number of ether oxygens (including phenoxy) is 2. The van der Waals surface area contributed by atoms with Gasteiger partial charge in [-0.2, -0.15) is 4.31 Å². The van der Waals surface area contributed by atoms with E-state index < -0.39 is 32.5 Å². The Morgan fingerprint density at radius 2 is 1.87 bits per heavy atom. The highest BCUT2D eigenvalue weighted by molar-refractivity contribution is 7.90. The Kier molecular flexibility index (Phi) is 6.35. The molecule has 1 fully saturated rings. The third-order valence-corrected chi connectivity index (χ3v) is 8.23.